The Morgan fingerprint density at radius 1 is 1.62 bits per heavy atom. The van der Waals surface area contributed by atoms with E-state index in [0.29, 0.717) is 6.54 Å². The normalized spacial score (nSPS) is 24.6. The van der Waals surface area contributed by atoms with Crippen LogP contribution in [0.4, 0.5) is 0 Å². The maximum Gasteiger partial charge on any atom is 0.223 e. The van der Waals surface area contributed by atoms with Crippen LogP contribution in [0.5, 0.6) is 0 Å². The number of nitrogens with zero attached hydrogens (tertiary/aromatic N) is 1. The van der Waals surface area contributed by atoms with E-state index in [1.54, 1.807) is 11.3 Å². The van der Waals surface area contributed by atoms with Gasteiger partial charge >= 0.3 is 0 Å². The Bertz CT molecular complexity index is 339. The number of hydrogen-bond donors (Lipinski definition) is 2. The van der Waals surface area contributed by atoms with Crippen molar-refractivity contribution in [1.29, 1.82) is 0 Å². The van der Waals surface area contributed by atoms with Crippen LogP contribution in [-0.4, -0.2) is 23.5 Å². The van der Waals surface area contributed by atoms with Gasteiger partial charge in [-0.1, -0.05) is 0 Å². The minimum Gasteiger partial charge on any atom is -0.355 e. The first kappa shape index (κ1) is 11.5. The van der Waals surface area contributed by atoms with E-state index in [1.165, 1.54) is 0 Å². The van der Waals surface area contributed by atoms with Crippen LogP contribution in [0.3, 0.4) is 0 Å². The Kier molecular flexibility index (Phi) is 3.90. The maximum absolute atomic E-state index is 11.7. The predicted octanol–water partition coefficient (Wildman–Crippen LogP) is 0.929. The number of nitrogens with two attached hydrogens (primary N) is 1. The highest BCUT2D eigenvalue weighted by Crippen LogP contribution is 2.23. The lowest BCUT2D eigenvalue weighted by Crippen LogP contribution is -2.31. The van der Waals surface area contributed by atoms with Crippen LogP contribution in [0.1, 0.15) is 25.0 Å². The predicted molar refractivity (Wildman–Crippen MR) is 64.1 cm³/mol. The molecule has 4 nitrogen and oxygen atoms in total. The average molecular weight is 239 g/mol. The first-order valence-electron chi connectivity index (χ1n) is 5.66. The van der Waals surface area contributed by atoms with Gasteiger partial charge in [0.25, 0.3) is 0 Å². The quantitative estimate of drug-likeness (QED) is 0.821. The average Bonchev–Trinajstić information content (AvgIpc) is 2.89. The maximum atomic E-state index is 11.7. The monoisotopic (exact) mass is 239 g/mol. The highest BCUT2D eigenvalue weighted by molar-refractivity contribution is 7.07. The van der Waals surface area contributed by atoms with Crippen molar-refractivity contribution in [3.05, 3.63) is 16.6 Å². The summed E-state index contributed by atoms with van der Waals surface area (Å²) < 4.78 is 0. The van der Waals surface area contributed by atoms with Gasteiger partial charge in [0, 0.05) is 30.3 Å². The van der Waals surface area contributed by atoms with E-state index < -0.39 is 0 Å². The van der Waals surface area contributed by atoms with Gasteiger partial charge in [0.05, 0.1) is 11.2 Å². The third kappa shape index (κ3) is 3.02. The molecule has 0 spiro atoms. The molecule has 3 N–H and O–H groups in total. The van der Waals surface area contributed by atoms with Crippen LogP contribution in [-0.2, 0) is 11.2 Å². The Hall–Kier alpha value is -0.940. The fraction of sp³-hybridized carbons (Fsp3) is 0.636. The summed E-state index contributed by atoms with van der Waals surface area (Å²) in [6.45, 7) is 0.675. The first-order chi connectivity index (χ1) is 7.75. The molecule has 1 aliphatic rings. The van der Waals surface area contributed by atoms with Gasteiger partial charge in [0.15, 0.2) is 0 Å². The Morgan fingerprint density at radius 3 is 3.12 bits per heavy atom. The van der Waals surface area contributed by atoms with Gasteiger partial charge in [-0.25, -0.2) is 4.98 Å². The van der Waals surface area contributed by atoms with Crippen LogP contribution >= 0.6 is 11.3 Å². The first-order valence-corrected chi connectivity index (χ1v) is 6.60. The second-order valence-corrected chi connectivity index (χ2v) is 5.01. The molecule has 88 valence electrons. The molecule has 16 heavy (non-hydrogen) atoms. The molecular formula is C11H17N3OS. The van der Waals surface area contributed by atoms with Crippen molar-refractivity contribution >= 4 is 17.2 Å². The van der Waals surface area contributed by atoms with Crippen molar-refractivity contribution in [3.8, 4) is 0 Å². The van der Waals surface area contributed by atoms with E-state index in [-0.39, 0.29) is 17.9 Å². The molecule has 0 aliphatic heterocycles. The molecule has 1 saturated carbocycles. The zero-order valence-corrected chi connectivity index (χ0v) is 10.0. The second kappa shape index (κ2) is 5.41. The Balaban J connectivity index is 1.68. The van der Waals surface area contributed by atoms with Gasteiger partial charge in [-0.2, -0.15) is 0 Å². The summed E-state index contributed by atoms with van der Waals surface area (Å²) in [6.07, 6.45) is 3.56. The van der Waals surface area contributed by atoms with E-state index in [1.807, 2.05) is 10.9 Å². The van der Waals surface area contributed by atoms with Gasteiger partial charge in [0.2, 0.25) is 5.91 Å². The summed E-state index contributed by atoms with van der Waals surface area (Å²) in [5.74, 6) is 0.286. The van der Waals surface area contributed by atoms with Gasteiger partial charge in [0.1, 0.15) is 0 Å². The number of aromatic nitrogens is 1. The third-order valence-electron chi connectivity index (χ3n) is 3.01. The van der Waals surface area contributed by atoms with Crippen LogP contribution in [0.15, 0.2) is 10.9 Å². The number of hydrogen-bond acceptors (Lipinski definition) is 4. The van der Waals surface area contributed by atoms with Crippen molar-refractivity contribution < 1.29 is 4.79 Å². The molecule has 1 aliphatic carbocycles. The number of amides is 1. The van der Waals surface area contributed by atoms with Crippen LogP contribution in [0.2, 0.25) is 0 Å². The van der Waals surface area contributed by atoms with Gasteiger partial charge in [-0.3, -0.25) is 4.79 Å². The molecule has 0 aromatic carbocycles. The van der Waals surface area contributed by atoms with Crippen LogP contribution in [0, 0.1) is 5.92 Å². The summed E-state index contributed by atoms with van der Waals surface area (Å²) in [6, 6.07) is 0.217. The van der Waals surface area contributed by atoms with E-state index in [0.717, 1.165) is 31.4 Å². The van der Waals surface area contributed by atoms with Gasteiger partial charge in [-0.05, 0) is 19.3 Å². The minimum atomic E-state index is 0.130. The molecule has 5 heteroatoms. The van der Waals surface area contributed by atoms with Crippen molar-refractivity contribution in [2.45, 2.75) is 31.7 Å². The smallest absolute Gasteiger partial charge is 0.223 e. The standard InChI is InChI=1S/C11H17N3OS/c12-9-2-1-8(5-9)11(15)13-4-3-10-6-16-7-14-10/h6-9H,1-5,12H2,(H,13,15). The number of carbonyl (C=O) groups is 1. The zero-order chi connectivity index (χ0) is 11.4. The molecule has 1 amide bonds. The lowest BCUT2D eigenvalue weighted by atomic mass is 10.1. The lowest BCUT2D eigenvalue weighted by Gasteiger charge is -2.09. The fourth-order valence-corrected chi connectivity index (χ4v) is 2.67. The molecule has 1 fully saturated rings. The molecule has 2 unspecified atom stereocenters. The van der Waals surface area contributed by atoms with Crippen LogP contribution in [0.25, 0.3) is 0 Å². The summed E-state index contributed by atoms with van der Waals surface area (Å²) in [4.78, 5) is 15.9. The molecule has 2 rings (SSSR count). The van der Waals surface area contributed by atoms with E-state index >= 15 is 0 Å². The third-order valence-corrected chi connectivity index (χ3v) is 3.64. The van der Waals surface area contributed by atoms with Crippen molar-refractivity contribution in [3.63, 3.8) is 0 Å². The number of thiazole rings is 1. The highest BCUT2D eigenvalue weighted by atomic mass is 32.1. The van der Waals surface area contributed by atoms with Crippen LogP contribution < -0.4 is 11.1 Å². The number of nitrogens with one attached hydrogen (secondary N) is 1. The van der Waals surface area contributed by atoms with E-state index in [9.17, 15) is 4.79 Å². The molecule has 0 saturated heterocycles. The van der Waals surface area contributed by atoms with E-state index in [4.69, 9.17) is 5.73 Å². The second-order valence-electron chi connectivity index (χ2n) is 4.29. The SMILES string of the molecule is NC1CCC(C(=O)NCCc2cscn2)C1. The van der Waals surface area contributed by atoms with Crippen molar-refractivity contribution in [2.24, 2.45) is 11.7 Å². The summed E-state index contributed by atoms with van der Waals surface area (Å²) in [5.41, 5.74) is 8.64. The molecule has 1 aromatic rings. The zero-order valence-electron chi connectivity index (χ0n) is 9.19. The van der Waals surface area contributed by atoms with Gasteiger partial charge in [-0.15, -0.1) is 11.3 Å². The fourth-order valence-electron chi connectivity index (χ4n) is 2.07. The molecule has 0 bridgehead atoms. The van der Waals surface area contributed by atoms with Gasteiger partial charge < -0.3 is 11.1 Å². The molecular weight excluding hydrogens is 222 g/mol. The molecule has 0 radical (unpaired) electrons. The Morgan fingerprint density at radius 2 is 2.50 bits per heavy atom. The molecule has 1 heterocycles. The highest BCUT2D eigenvalue weighted by Gasteiger charge is 2.27. The largest absolute Gasteiger partial charge is 0.355 e. The number of rotatable bonds is 4. The summed E-state index contributed by atoms with van der Waals surface area (Å²) >= 11 is 1.58. The number of carbonyl (C=O) groups excluding carboxylic acids is 1. The van der Waals surface area contributed by atoms with Crippen molar-refractivity contribution in [1.82, 2.24) is 10.3 Å². The van der Waals surface area contributed by atoms with Crippen molar-refractivity contribution in [2.75, 3.05) is 6.54 Å². The summed E-state index contributed by atoms with van der Waals surface area (Å²) in [5, 5.41) is 4.97. The molecule has 2 atom stereocenters. The topological polar surface area (TPSA) is 68.0 Å². The minimum absolute atomic E-state index is 0.130. The Labute approximate surface area is 99.3 Å². The van der Waals surface area contributed by atoms with E-state index in [2.05, 4.69) is 10.3 Å². The lowest BCUT2D eigenvalue weighted by molar-refractivity contribution is -0.124. The summed E-state index contributed by atoms with van der Waals surface area (Å²) in [7, 11) is 0. The molecule has 1 aromatic heterocycles.